The third-order valence-corrected chi connectivity index (χ3v) is 5.73. The molecule has 1 aliphatic heterocycles. The Morgan fingerprint density at radius 2 is 2.19 bits per heavy atom. The molecule has 4 aromatic rings. The minimum Gasteiger partial charge on any atom is -0.347 e. The fraction of sp³-hybridized carbons (Fsp3) is 0.174. The first-order valence-corrected chi connectivity index (χ1v) is 10.1. The number of aryl methyl sites for hydroxylation is 3. The van der Waals surface area contributed by atoms with E-state index in [-0.39, 0.29) is 5.95 Å². The van der Waals surface area contributed by atoms with Crippen LogP contribution in [0, 0.1) is 34.2 Å². The molecule has 0 aliphatic carbocycles. The highest BCUT2D eigenvalue weighted by Crippen LogP contribution is 2.36. The number of nitro groups is 1. The van der Waals surface area contributed by atoms with E-state index in [1.165, 1.54) is 11.8 Å². The van der Waals surface area contributed by atoms with Crippen LogP contribution in [0.15, 0.2) is 42.7 Å². The first kappa shape index (κ1) is 19.6. The van der Waals surface area contributed by atoms with Gasteiger partial charge in [0.1, 0.15) is 6.07 Å². The summed E-state index contributed by atoms with van der Waals surface area (Å²) < 4.78 is 16.1. The number of hydrogen-bond acceptors (Lipinski definition) is 6. The van der Waals surface area contributed by atoms with E-state index in [0.717, 1.165) is 48.0 Å². The number of nitro benzene ring substituents is 1. The Morgan fingerprint density at radius 3 is 2.97 bits per heavy atom. The number of benzene rings is 2. The van der Waals surface area contributed by atoms with Gasteiger partial charge >= 0.3 is 5.69 Å². The summed E-state index contributed by atoms with van der Waals surface area (Å²) in [6, 6.07) is 10.5. The van der Waals surface area contributed by atoms with E-state index in [0.29, 0.717) is 22.5 Å². The van der Waals surface area contributed by atoms with Crippen molar-refractivity contribution in [1.29, 1.82) is 5.26 Å². The number of anilines is 2. The molecule has 0 amide bonds. The van der Waals surface area contributed by atoms with Crippen LogP contribution >= 0.6 is 0 Å². The molecule has 0 bridgehead atoms. The lowest BCUT2D eigenvalue weighted by molar-refractivity contribution is -0.387. The van der Waals surface area contributed by atoms with Gasteiger partial charge in [-0.1, -0.05) is 18.2 Å². The van der Waals surface area contributed by atoms with Gasteiger partial charge in [0, 0.05) is 29.8 Å². The van der Waals surface area contributed by atoms with Crippen molar-refractivity contribution in [2.24, 2.45) is 0 Å². The van der Waals surface area contributed by atoms with Crippen molar-refractivity contribution in [3.05, 3.63) is 75.3 Å². The van der Waals surface area contributed by atoms with Gasteiger partial charge in [-0.3, -0.25) is 10.1 Å². The third kappa shape index (κ3) is 3.13. The molecule has 32 heavy (non-hydrogen) atoms. The zero-order valence-electron chi connectivity index (χ0n) is 17.1. The number of nitriles is 1. The first-order chi connectivity index (χ1) is 15.5. The highest BCUT2D eigenvalue weighted by atomic mass is 19.1. The maximum absolute atomic E-state index is 13.9. The summed E-state index contributed by atoms with van der Waals surface area (Å²) in [7, 11) is 0. The van der Waals surface area contributed by atoms with Crippen molar-refractivity contribution in [2.45, 2.75) is 26.3 Å². The van der Waals surface area contributed by atoms with Crippen LogP contribution in [-0.2, 0) is 13.0 Å². The zero-order chi connectivity index (χ0) is 22.4. The van der Waals surface area contributed by atoms with E-state index < -0.39 is 16.4 Å². The molecule has 1 N–H and O–H groups in total. The Balaban J connectivity index is 1.63. The number of para-hydroxylation sites is 1. The summed E-state index contributed by atoms with van der Waals surface area (Å²) >= 11 is 0. The highest BCUT2D eigenvalue weighted by molar-refractivity contribution is 5.98. The molecule has 0 saturated carbocycles. The van der Waals surface area contributed by atoms with Gasteiger partial charge in [-0.05, 0) is 37.0 Å². The number of nitrogens with one attached hydrogen (secondary N) is 1. The summed E-state index contributed by atoms with van der Waals surface area (Å²) in [6.07, 6.45) is 5.48. The Kier molecular flexibility index (Phi) is 4.56. The van der Waals surface area contributed by atoms with Gasteiger partial charge in [-0.15, -0.1) is 0 Å². The highest BCUT2D eigenvalue weighted by Gasteiger charge is 2.21. The molecule has 8 nitrogen and oxygen atoms in total. The van der Waals surface area contributed by atoms with E-state index in [4.69, 9.17) is 0 Å². The third-order valence-electron chi connectivity index (χ3n) is 5.73. The Bertz CT molecular complexity index is 1450. The lowest BCUT2D eigenvalue weighted by Crippen LogP contribution is -2.05. The van der Waals surface area contributed by atoms with Crippen LogP contribution in [0.5, 0.6) is 0 Å². The van der Waals surface area contributed by atoms with Gasteiger partial charge in [-0.25, -0.2) is 9.97 Å². The van der Waals surface area contributed by atoms with Crippen LogP contribution in [-0.4, -0.2) is 19.5 Å². The first-order valence-electron chi connectivity index (χ1n) is 10.1. The van der Waals surface area contributed by atoms with Crippen molar-refractivity contribution in [1.82, 2.24) is 14.5 Å². The minimum atomic E-state index is -0.909. The Hall–Kier alpha value is -4.32. The maximum Gasteiger partial charge on any atom is 0.306 e. The molecule has 5 rings (SSSR count). The van der Waals surface area contributed by atoms with Crippen LogP contribution in [0.25, 0.3) is 22.2 Å². The van der Waals surface area contributed by atoms with Gasteiger partial charge in [0.25, 0.3) is 0 Å². The largest absolute Gasteiger partial charge is 0.347 e. The maximum atomic E-state index is 13.9. The summed E-state index contributed by atoms with van der Waals surface area (Å²) in [5.74, 6) is -0.747. The number of rotatable bonds is 4. The van der Waals surface area contributed by atoms with Crippen LogP contribution < -0.4 is 5.32 Å². The minimum absolute atomic E-state index is 0.162. The summed E-state index contributed by atoms with van der Waals surface area (Å²) in [4.78, 5) is 19.1. The van der Waals surface area contributed by atoms with Crippen molar-refractivity contribution in [2.75, 3.05) is 5.32 Å². The molecule has 9 heteroatoms. The molecule has 158 valence electrons. The predicted octanol–water partition coefficient (Wildman–Crippen LogP) is 5.02. The van der Waals surface area contributed by atoms with Crippen molar-refractivity contribution < 1.29 is 9.31 Å². The standard InChI is InChI=1S/C23H17FN6O2/c1-13-8-18(24)20(30(31)32)9-19(13)27-23-26-11-15(10-25)21(28-23)17-12-29-7-3-5-14-4-2-6-16(17)22(14)29/h2,4,6,8-9,11-12H,3,5,7H2,1H3,(H,26,27,28). The van der Waals surface area contributed by atoms with E-state index in [9.17, 15) is 19.8 Å². The lowest BCUT2D eigenvalue weighted by Gasteiger charge is -2.14. The van der Waals surface area contributed by atoms with E-state index in [1.54, 1.807) is 6.92 Å². The van der Waals surface area contributed by atoms with E-state index in [2.05, 4.69) is 32.0 Å². The van der Waals surface area contributed by atoms with Crippen molar-refractivity contribution in [3.63, 3.8) is 0 Å². The SMILES string of the molecule is Cc1cc(F)c([N+](=O)[O-])cc1Nc1ncc(C#N)c(-c2cn3c4c(cccc24)CCC3)n1. The van der Waals surface area contributed by atoms with Gasteiger partial charge in [-0.2, -0.15) is 9.65 Å². The smallest absolute Gasteiger partial charge is 0.306 e. The van der Waals surface area contributed by atoms with E-state index in [1.807, 2.05) is 18.3 Å². The van der Waals surface area contributed by atoms with Crippen molar-refractivity contribution >= 4 is 28.2 Å². The molecule has 0 saturated heterocycles. The van der Waals surface area contributed by atoms with Gasteiger partial charge in [0.15, 0.2) is 0 Å². The monoisotopic (exact) mass is 428 g/mol. The van der Waals surface area contributed by atoms with Crippen molar-refractivity contribution in [3.8, 4) is 17.3 Å². The second-order valence-corrected chi connectivity index (χ2v) is 7.72. The summed E-state index contributed by atoms with van der Waals surface area (Å²) in [6.45, 7) is 2.52. The molecule has 2 aromatic carbocycles. The van der Waals surface area contributed by atoms with Gasteiger partial charge in [0.2, 0.25) is 11.8 Å². The molecule has 0 spiro atoms. The number of halogens is 1. The normalized spacial score (nSPS) is 12.5. The molecule has 0 fully saturated rings. The summed E-state index contributed by atoms with van der Waals surface area (Å²) in [5.41, 5.74) is 4.18. The Labute approximate surface area is 182 Å². The fourth-order valence-electron chi connectivity index (χ4n) is 4.23. The second kappa shape index (κ2) is 7.42. The molecular weight excluding hydrogens is 411 g/mol. The van der Waals surface area contributed by atoms with Gasteiger partial charge in [0.05, 0.1) is 33.6 Å². The Morgan fingerprint density at radius 1 is 1.34 bits per heavy atom. The molecule has 0 unspecified atom stereocenters. The fourth-order valence-corrected chi connectivity index (χ4v) is 4.23. The average Bonchev–Trinajstić information content (AvgIpc) is 3.16. The van der Waals surface area contributed by atoms with Crippen LogP contribution in [0.2, 0.25) is 0 Å². The average molecular weight is 428 g/mol. The lowest BCUT2D eigenvalue weighted by atomic mass is 10.0. The number of hydrogen-bond donors (Lipinski definition) is 1. The zero-order valence-corrected chi connectivity index (χ0v) is 17.1. The van der Waals surface area contributed by atoms with Crippen LogP contribution in [0.3, 0.4) is 0 Å². The topological polar surface area (TPSA) is 110 Å². The molecule has 3 heterocycles. The summed E-state index contributed by atoms with van der Waals surface area (Å²) in [5, 5.41) is 24.7. The molecule has 0 atom stereocenters. The second-order valence-electron chi connectivity index (χ2n) is 7.72. The molecule has 1 aliphatic rings. The molecular formula is C23H17FN6O2. The molecule has 0 radical (unpaired) electrons. The quantitative estimate of drug-likeness (QED) is 0.361. The van der Waals surface area contributed by atoms with Crippen LogP contribution in [0.4, 0.5) is 21.7 Å². The van der Waals surface area contributed by atoms with E-state index >= 15 is 0 Å². The van der Waals surface area contributed by atoms with Crippen LogP contribution in [0.1, 0.15) is 23.1 Å². The number of nitrogens with zero attached hydrogens (tertiary/aromatic N) is 5. The van der Waals surface area contributed by atoms with Gasteiger partial charge < -0.3 is 9.88 Å². The molecule has 2 aromatic heterocycles. The number of aromatic nitrogens is 3. The predicted molar refractivity (Wildman–Crippen MR) is 117 cm³/mol.